The number of hydrogen-bond acceptors (Lipinski definition) is 3. The standard InChI is InChI=1S/C16H29N3O3S/c1-19(2)23(21,22)18-4-3-17-15(20)11-16-8-12-5-13(9-16)7-14(6-12)10-16/h12-14,18H,3-11H2,1-2H3,(H,17,20). The van der Waals surface area contributed by atoms with Crippen molar-refractivity contribution in [3.8, 4) is 0 Å². The molecule has 0 saturated heterocycles. The third-order valence-corrected chi connectivity index (χ3v) is 7.44. The van der Waals surface area contributed by atoms with Crippen LogP contribution in [0.15, 0.2) is 0 Å². The van der Waals surface area contributed by atoms with Gasteiger partial charge in [-0.15, -0.1) is 0 Å². The summed E-state index contributed by atoms with van der Waals surface area (Å²) in [7, 11) is -0.447. The highest BCUT2D eigenvalue weighted by Gasteiger charge is 2.51. The molecule has 0 aromatic rings. The second-order valence-corrected chi connectivity index (χ2v) is 10.1. The maximum absolute atomic E-state index is 12.3. The molecule has 4 aliphatic carbocycles. The molecule has 4 rings (SSSR count). The van der Waals surface area contributed by atoms with E-state index in [9.17, 15) is 13.2 Å². The summed E-state index contributed by atoms with van der Waals surface area (Å²) in [6.45, 7) is 0.575. The Morgan fingerprint density at radius 3 is 2.04 bits per heavy atom. The molecule has 0 aliphatic heterocycles. The lowest BCUT2D eigenvalue weighted by Gasteiger charge is -2.56. The number of carbonyl (C=O) groups is 1. The fraction of sp³-hybridized carbons (Fsp3) is 0.938. The van der Waals surface area contributed by atoms with Crippen LogP contribution < -0.4 is 10.0 Å². The van der Waals surface area contributed by atoms with Gasteiger partial charge in [0.1, 0.15) is 0 Å². The van der Waals surface area contributed by atoms with Crippen LogP contribution in [-0.2, 0) is 15.0 Å². The first-order chi connectivity index (χ1) is 10.8. The molecule has 0 aromatic carbocycles. The van der Waals surface area contributed by atoms with Crippen molar-refractivity contribution in [1.82, 2.24) is 14.3 Å². The maximum Gasteiger partial charge on any atom is 0.278 e. The van der Waals surface area contributed by atoms with E-state index in [-0.39, 0.29) is 17.9 Å². The number of amides is 1. The van der Waals surface area contributed by atoms with Crippen molar-refractivity contribution >= 4 is 16.1 Å². The molecule has 0 unspecified atom stereocenters. The highest BCUT2D eigenvalue weighted by atomic mass is 32.2. The smallest absolute Gasteiger partial charge is 0.278 e. The lowest BCUT2D eigenvalue weighted by molar-refractivity contribution is -0.129. The van der Waals surface area contributed by atoms with Gasteiger partial charge in [0.2, 0.25) is 5.91 Å². The average molecular weight is 343 g/mol. The minimum absolute atomic E-state index is 0.0796. The maximum atomic E-state index is 12.3. The van der Waals surface area contributed by atoms with E-state index >= 15 is 0 Å². The number of carbonyl (C=O) groups excluding carboxylic acids is 1. The van der Waals surface area contributed by atoms with Gasteiger partial charge in [-0.05, 0) is 61.7 Å². The van der Waals surface area contributed by atoms with Gasteiger partial charge >= 0.3 is 0 Å². The van der Waals surface area contributed by atoms with E-state index in [0.717, 1.165) is 22.1 Å². The van der Waals surface area contributed by atoms with Crippen molar-refractivity contribution in [2.45, 2.75) is 44.9 Å². The van der Waals surface area contributed by atoms with Crippen molar-refractivity contribution in [3.05, 3.63) is 0 Å². The van der Waals surface area contributed by atoms with Gasteiger partial charge in [-0.25, -0.2) is 4.72 Å². The van der Waals surface area contributed by atoms with E-state index in [2.05, 4.69) is 10.0 Å². The fourth-order valence-corrected chi connectivity index (χ4v) is 6.04. The van der Waals surface area contributed by atoms with Crippen molar-refractivity contribution in [1.29, 1.82) is 0 Å². The molecule has 0 heterocycles. The van der Waals surface area contributed by atoms with E-state index in [1.165, 1.54) is 52.6 Å². The van der Waals surface area contributed by atoms with Gasteiger partial charge in [-0.3, -0.25) is 4.79 Å². The molecule has 132 valence electrons. The number of hydrogen-bond donors (Lipinski definition) is 2. The van der Waals surface area contributed by atoms with E-state index in [4.69, 9.17) is 0 Å². The summed E-state index contributed by atoms with van der Waals surface area (Å²) < 4.78 is 26.7. The summed E-state index contributed by atoms with van der Waals surface area (Å²) in [6, 6.07) is 0. The third kappa shape index (κ3) is 3.88. The Balaban J connectivity index is 1.43. The molecule has 4 saturated carbocycles. The predicted octanol–water partition coefficient (Wildman–Crippen LogP) is 1.11. The Bertz CT molecular complexity index is 524. The van der Waals surface area contributed by atoms with Crippen LogP contribution in [0.5, 0.6) is 0 Å². The van der Waals surface area contributed by atoms with Crippen LogP contribution in [0.3, 0.4) is 0 Å². The van der Waals surface area contributed by atoms with Gasteiger partial charge in [-0.1, -0.05) is 0 Å². The topological polar surface area (TPSA) is 78.5 Å². The zero-order valence-corrected chi connectivity index (χ0v) is 15.0. The summed E-state index contributed by atoms with van der Waals surface area (Å²) >= 11 is 0. The van der Waals surface area contributed by atoms with Crippen LogP contribution in [0.2, 0.25) is 0 Å². The monoisotopic (exact) mass is 343 g/mol. The lowest BCUT2D eigenvalue weighted by Crippen LogP contribution is -2.48. The zero-order chi connectivity index (χ0) is 16.7. The number of rotatable bonds is 7. The summed E-state index contributed by atoms with van der Waals surface area (Å²) in [4.78, 5) is 12.3. The molecular weight excluding hydrogens is 314 g/mol. The van der Waals surface area contributed by atoms with Crippen LogP contribution in [0.1, 0.15) is 44.9 Å². The fourth-order valence-electron chi connectivity index (χ4n) is 5.42. The second kappa shape index (κ2) is 6.33. The van der Waals surface area contributed by atoms with Crippen LogP contribution in [0.25, 0.3) is 0 Å². The first-order valence-corrected chi connectivity index (χ1v) is 10.2. The van der Waals surface area contributed by atoms with Gasteiger partial charge in [-0.2, -0.15) is 12.7 Å². The molecule has 4 bridgehead atoms. The van der Waals surface area contributed by atoms with Crippen molar-refractivity contribution in [2.24, 2.45) is 23.2 Å². The minimum Gasteiger partial charge on any atom is -0.355 e. The van der Waals surface area contributed by atoms with Gasteiger partial charge in [0.05, 0.1) is 0 Å². The molecule has 0 aromatic heterocycles. The third-order valence-electron chi connectivity index (χ3n) is 5.91. The molecule has 0 spiro atoms. The van der Waals surface area contributed by atoms with Gasteiger partial charge in [0, 0.05) is 33.6 Å². The molecule has 23 heavy (non-hydrogen) atoms. The van der Waals surface area contributed by atoms with E-state index < -0.39 is 10.2 Å². The first-order valence-electron chi connectivity index (χ1n) is 8.72. The minimum atomic E-state index is -3.41. The van der Waals surface area contributed by atoms with Crippen molar-refractivity contribution in [3.63, 3.8) is 0 Å². The van der Waals surface area contributed by atoms with Crippen LogP contribution >= 0.6 is 0 Å². The molecule has 0 radical (unpaired) electrons. The zero-order valence-electron chi connectivity index (χ0n) is 14.2. The van der Waals surface area contributed by atoms with Crippen LogP contribution in [0, 0.1) is 23.2 Å². The highest BCUT2D eigenvalue weighted by molar-refractivity contribution is 7.87. The molecule has 4 aliphatic rings. The Hall–Kier alpha value is -0.660. The Morgan fingerprint density at radius 1 is 1.04 bits per heavy atom. The SMILES string of the molecule is CN(C)S(=O)(=O)NCCNC(=O)CC12CC3CC(CC(C3)C1)C2. The molecule has 2 N–H and O–H groups in total. The Labute approximate surface area is 139 Å². The summed E-state index contributed by atoms with van der Waals surface area (Å²) in [6.07, 6.45) is 8.43. The molecule has 4 fully saturated rings. The first kappa shape index (κ1) is 17.2. The Morgan fingerprint density at radius 2 is 1.57 bits per heavy atom. The lowest BCUT2D eigenvalue weighted by atomic mass is 9.49. The average Bonchev–Trinajstić information content (AvgIpc) is 2.41. The molecule has 7 heteroatoms. The Kier molecular flexibility index (Phi) is 4.73. The van der Waals surface area contributed by atoms with Gasteiger partial charge < -0.3 is 5.32 Å². The van der Waals surface area contributed by atoms with E-state index in [0.29, 0.717) is 13.0 Å². The highest BCUT2D eigenvalue weighted by Crippen LogP contribution is 2.61. The van der Waals surface area contributed by atoms with Crippen LogP contribution in [0.4, 0.5) is 0 Å². The predicted molar refractivity (Wildman–Crippen MR) is 88.8 cm³/mol. The summed E-state index contributed by atoms with van der Waals surface area (Å²) in [5.74, 6) is 2.62. The van der Waals surface area contributed by atoms with Crippen molar-refractivity contribution < 1.29 is 13.2 Å². The van der Waals surface area contributed by atoms with E-state index in [1.807, 2.05) is 0 Å². The quantitative estimate of drug-likeness (QED) is 0.680. The number of nitrogens with one attached hydrogen (secondary N) is 2. The second-order valence-electron chi connectivity index (χ2n) is 8.13. The number of nitrogens with zero attached hydrogens (tertiary/aromatic N) is 1. The van der Waals surface area contributed by atoms with Crippen molar-refractivity contribution in [2.75, 3.05) is 27.2 Å². The van der Waals surface area contributed by atoms with Gasteiger partial charge in [0.25, 0.3) is 10.2 Å². The summed E-state index contributed by atoms with van der Waals surface area (Å²) in [5.41, 5.74) is 0.238. The molecule has 6 nitrogen and oxygen atoms in total. The molecule has 0 atom stereocenters. The molecular formula is C16H29N3O3S. The van der Waals surface area contributed by atoms with Crippen LogP contribution in [-0.4, -0.2) is 45.8 Å². The molecule has 1 amide bonds. The summed E-state index contributed by atoms with van der Waals surface area (Å²) in [5, 5.41) is 2.88. The van der Waals surface area contributed by atoms with E-state index in [1.54, 1.807) is 0 Å². The van der Waals surface area contributed by atoms with Gasteiger partial charge in [0.15, 0.2) is 0 Å². The normalized spacial score (nSPS) is 35.7. The largest absolute Gasteiger partial charge is 0.355 e.